The molecule has 0 amide bonds. The van der Waals surface area contributed by atoms with Gasteiger partial charge in [0.15, 0.2) is 0 Å². The lowest BCUT2D eigenvalue weighted by molar-refractivity contribution is 1.17. The number of hydrogen-bond acceptors (Lipinski definition) is 2. The molecule has 0 fully saturated rings. The number of hydrogen-bond donors (Lipinski definition) is 0. The van der Waals surface area contributed by atoms with Crippen LogP contribution in [0.2, 0.25) is 0 Å². The molecule has 0 spiro atoms. The van der Waals surface area contributed by atoms with Gasteiger partial charge < -0.3 is 14.4 Å². The van der Waals surface area contributed by atoms with E-state index in [-0.39, 0.29) is 0 Å². The Kier molecular flexibility index (Phi) is 10.2. The van der Waals surface area contributed by atoms with Crippen molar-refractivity contribution >= 4 is 66.7 Å². The van der Waals surface area contributed by atoms with Crippen LogP contribution in [0.1, 0.15) is 0 Å². The Labute approximate surface area is 391 Å². The average Bonchev–Trinajstić information content (AvgIpc) is 3.75. The van der Waals surface area contributed by atoms with Crippen LogP contribution in [-0.4, -0.2) is 4.57 Å². The Morgan fingerprint density at radius 3 is 1.36 bits per heavy atom. The van der Waals surface area contributed by atoms with Crippen molar-refractivity contribution < 1.29 is 0 Å². The second-order valence-electron chi connectivity index (χ2n) is 16.9. The molecular weight excluding hydrogens is 811 g/mol. The van der Waals surface area contributed by atoms with E-state index in [1.54, 1.807) is 0 Å². The fourth-order valence-electron chi connectivity index (χ4n) is 9.82. The summed E-state index contributed by atoms with van der Waals surface area (Å²) in [5.74, 6) is 0. The average molecular weight is 856 g/mol. The molecule has 3 heteroatoms. The van der Waals surface area contributed by atoms with Gasteiger partial charge >= 0.3 is 0 Å². The number of fused-ring (bicyclic) bond motifs is 4. The van der Waals surface area contributed by atoms with Crippen molar-refractivity contribution in [1.29, 1.82) is 0 Å². The second kappa shape index (κ2) is 17.2. The van der Waals surface area contributed by atoms with Crippen LogP contribution in [0.3, 0.4) is 0 Å². The van der Waals surface area contributed by atoms with Crippen molar-refractivity contribution in [2.75, 3.05) is 9.80 Å². The van der Waals surface area contributed by atoms with Gasteiger partial charge in [0.25, 0.3) is 0 Å². The highest BCUT2D eigenvalue weighted by atomic mass is 15.2. The molecule has 1 aromatic heterocycles. The zero-order valence-electron chi connectivity index (χ0n) is 36.8. The molecule has 0 aliphatic carbocycles. The van der Waals surface area contributed by atoms with E-state index in [2.05, 4.69) is 287 Å². The lowest BCUT2D eigenvalue weighted by Crippen LogP contribution is -2.11. The van der Waals surface area contributed by atoms with Gasteiger partial charge in [0.05, 0.1) is 16.7 Å². The molecular formula is C64H45N3. The normalized spacial score (nSPS) is 11.3. The zero-order chi connectivity index (χ0) is 44.5. The molecule has 0 radical (unpaired) electrons. The maximum absolute atomic E-state index is 2.43. The highest BCUT2D eigenvalue weighted by Crippen LogP contribution is 2.44. The summed E-state index contributed by atoms with van der Waals surface area (Å²) in [5, 5.41) is 4.87. The first-order valence-electron chi connectivity index (χ1n) is 22.9. The smallest absolute Gasteiger partial charge is 0.0547 e. The predicted octanol–water partition coefficient (Wildman–Crippen LogP) is 17.9. The van der Waals surface area contributed by atoms with E-state index in [1.165, 1.54) is 54.9 Å². The quantitative estimate of drug-likeness (QED) is 0.136. The highest BCUT2D eigenvalue weighted by molar-refractivity contribution is 6.16. The summed E-state index contributed by atoms with van der Waals surface area (Å²) in [5.41, 5.74) is 17.2. The minimum atomic E-state index is 1.09. The molecule has 0 aliphatic rings. The van der Waals surface area contributed by atoms with Crippen molar-refractivity contribution in [2.24, 2.45) is 0 Å². The third-order valence-electron chi connectivity index (χ3n) is 13.0. The zero-order valence-corrected chi connectivity index (χ0v) is 36.8. The van der Waals surface area contributed by atoms with Crippen LogP contribution in [0, 0.1) is 0 Å². The monoisotopic (exact) mass is 855 g/mol. The van der Waals surface area contributed by atoms with Crippen LogP contribution >= 0.6 is 0 Å². The minimum Gasteiger partial charge on any atom is -0.311 e. The molecule has 0 unspecified atom stereocenters. The van der Waals surface area contributed by atoms with Crippen molar-refractivity contribution in [3.8, 4) is 39.1 Å². The molecule has 0 saturated heterocycles. The molecule has 0 aliphatic heterocycles. The van der Waals surface area contributed by atoms with E-state index in [0.29, 0.717) is 0 Å². The van der Waals surface area contributed by atoms with Crippen molar-refractivity contribution in [3.63, 3.8) is 0 Å². The first kappa shape index (κ1) is 39.7. The van der Waals surface area contributed by atoms with Gasteiger partial charge in [-0.1, -0.05) is 188 Å². The van der Waals surface area contributed by atoms with Crippen LogP contribution in [0.15, 0.2) is 273 Å². The van der Waals surface area contributed by atoms with Gasteiger partial charge in [-0.2, -0.15) is 0 Å². The number of aromatic nitrogens is 1. The van der Waals surface area contributed by atoms with Gasteiger partial charge in [0, 0.05) is 50.3 Å². The fourth-order valence-corrected chi connectivity index (χ4v) is 9.82. The summed E-state index contributed by atoms with van der Waals surface area (Å²) >= 11 is 0. The molecule has 67 heavy (non-hydrogen) atoms. The van der Waals surface area contributed by atoms with Gasteiger partial charge in [0.2, 0.25) is 0 Å². The summed E-state index contributed by atoms with van der Waals surface area (Å²) in [4.78, 5) is 4.73. The molecule has 0 saturated carbocycles. The molecule has 1 heterocycles. The number of nitrogens with zero attached hydrogens (tertiary/aromatic N) is 3. The van der Waals surface area contributed by atoms with Crippen LogP contribution in [0.4, 0.5) is 34.1 Å². The van der Waals surface area contributed by atoms with E-state index >= 15 is 0 Å². The fraction of sp³-hybridized carbons (Fsp3) is 0. The van der Waals surface area contributed by atoms with Crippen molar-refractivity contribution in [3.05, 3.63) is 273 Å². The summed E-state index contributed by atoms with van der Waals surface area (Å²) in [7, 11) is 0. The van der Waals surface area contributed by atoms with Gasteiger partial charge in [0.1, 0.15) is 0 Å². The van der Waals surface area contributed by atoms with Crippen LogP contribution in [0.25, 0.3) is 71.6 Å². The lowest BCUT2D eigenvalue weighted by Gasteiger charge is -2.27. The topological polar surface area (TPSA) is 11.4 Å². The highest BCUT2D eigenvalue weighted by Gasteiger charge is 2.20. The molecule has 11 aromatic carbocycles. The predicted molar refractivity (Wildman–Crippen MR) is 284 cm³/mol. The number of anilines is 6. The SMILES string of the molecule is c1ccc(-c2ccc(N(c3ccc(-c4ccccc4)cc3)c3ccc(-c4cccc5c4c4ccccc4n5-c4cccc(N(c5ccccc5)c5cccc6ccccc56)c4)cc3)cc2)cc1. The lowest BCUT2D eigenvalue weighted by atomic mass is 9.99. The number of benzene rings is 11. The van der Waals surface area contributed by atoms with E-state index in [0.717, 1.165) is 50.9 Å². The molecule has 316 valence electrons. The molecule has 12 rings (SSSR count). The first-order chi connectivity index (χ1) is 33.2. The van der Waals surface area contributed by atoms with Crippen LogP contribution in [0.5, 0.6) is 0 Å². The first-order valence-corrected chi connectivity index (χ1v) is 22.9. The van der Waals surface area contributed by atoms with E-state index in [1.807, 2.05) is 0 Å². The number of rotatable bonds is 10. The second-order valence-corrected chi connectivity index (χ2v) is 16.9. The Morgan fingerprint density at radius 2 is 0.716 bits per heavy atom. The molecule has 0 atom stereocenters. The third kappa shape index (κ3) is 7.39. The third-order valence-corrected chi connectivity index (χ3v) is 13.0. The Morgan fingerprint density at radius 1 is 0.269 bits per heavy atom. The van der Waals surface area contributed by atoms with Crippen molar-refractivity contribution in [2.45, 2.75) is 0 Å². The number of para-hydroxylation sites is 2. The van der Waals surface area contributed by atoms with Gasteiger partial charge in [-0.25, -0.2) is 0 Å². The molecule has 0 bridgehead atoms. The summed E-state index contributed by atoms with van der Waals surface area (Å²) in [6, 6.07) is 98.4. The van der Waals surface area contributed by atoms with Gasteiger partial charge in [-0.3, -0.25) is 0 Å². The van der Waals surface area contributed by atoms with Gasteiger partial charge in [-0.05, 0) is 124 Å². The minimum absolute atomic E-state index is 1.09. The van der Waals surface area contributed by atoms with Gasteiger partial charge in [-0.15, -0.1) is 0 Å². The molecule has 0 N–H and O–H groups in total. The molecule has 12 aromatic rings. The summed E-state index contributed by atoms with van der Waals surface area (Å²) in [6.45, 7) is 0. The van der Waals surface area contributed by atoms with E-state index in [4.69, 9.17) is 0 Å². The maximum atomic E-state index is 2.43. The Hall–Kier alpha value is -8.92. The summed E-state index contributed by atoms with van der Waals surface area (Å²) < 4.78 is 2.43. The molecule has 3 nitrogen and oxygen atoms in total. The Bertz CT molecular complexity index is 3570. The van der Waals surface area contributed by atoms with Crippen LogP contribution < -0.4 is 9.80 Å². The van der Waals surface area contributed by atoms with Crippen LogP contribution in [-0.2, 0) is 0 Å². The maximum Gasteiger partial charge on any atom is 0.0547 e. The van der Waals surface area contributed by atoms with E-state index < -0.39 is 0 Å². The largest absolute Gasteiger partial charge is 0.311 e. The Balaban J connectivity index is 0.953. The van der Waals surface area contributed by atoms with E-state index in [9.17, 15) is 0 Å². The summed E-state index contributed by atoms with van der Waals surface area (Å²) in [6.07, 6.45) is 0. The van der Waals surface area contributed by atoms with Crippen molar-refractivity contribution in [1.82, 2.24) is 4.57 Å². The standard InChI is InChI=1S/C64H45N3/c1-4-17-46(18-5-1)48-33-39-53(40-34-48)65(54-41-35-49(36-42-54)47-19-6-2-7-20-47)55-43-37-51(38-44-55)59-29-16-32-63-64(59)60-28-12-13-30-62(60)67(63)57-26-15-25-56(45-57)66(52-23-8-3-9-24-52)61-31-14-22-50-21-10-11-27-58(50)61/h1-45H.